The zero-order valence-electron chi connectivity index (χ0n) is 17.2. The molecule has 1 fully saturated rings. The summed E-state index contributed by atoms with van der Waals surface area (Å²) in [5.74, 6) is 0.0182. The number of likely N-dealkylation sites (tertiary alicyclic amines) is 1. The van der Waals surface area contributed by atoms with Crippen molar-refractivity contribution in [3.05, 3.63) is 52.3 Å². The monoisotopic (exact) mass is 428 g/mol. The van der Waals surface area contributed by atoms with Crippen LogP contribution in [0.1, 0.15) is 36.5 Å². The number of anilines is 1. The van der Waals surface area contributed by atoms with Gasteiger partial charge in [-0.25, -0.2) is 0 Å². The van der Waals surface area contributed by atoms with Crippen molar-refractivity contribution in [2.24, 2.45) is 0 Å². The van der Waals surface area contributed by atoms with Gasteiger partial charge in [-0.3, -0.25) is 24.7 Å². The summed E-state index contributed by atoms with van der Waals surface area (Å²) in [7, 11) is 0. The maximum Gasteiger partial charge on any atom is 0.310 e. The first kappa shape index (κ1) is 22.0. The van der Waals surface area contributed by atoms with Crippen LogP contribution in [0.2, 0.25) is 0 Å². The van der Waals surface area contributed by atoms with Crippen molar-refractivity contribution >= 4 is 23.2 Å². The minimum Gasteiger partial charge on any atom is -0.490 e. The number of nitrogens with zero attached hydrogens (tertiary/aromatic N) is 3. The molecule has 0 saturated carbocycles. The third-order valence-electron chi connectivity index (χ3n) is 4.81. The number of benzene rings is 1. The van der Waals surface area contributed by atoms with Gasteiger partial charge >= 0.3 is 5.69 Å². The van der Waals surface area contributed by atoms with E-state index < -0.39 is 10.8 Å². The Balaban J connectivity index is 1.71. The van der Waals surface area contributed by atoms with E-state index >= 15 is 0 Å². The number of amides is 2. The number of hydrogen-bond acceptors (Lipinski definition) is 7. The number of rotatable bonds is 8. The summed E-state index contributed by atoms with van der Waals surface area (Å²) in [6.07, 6.45) is 5.54. The minimum absolute atomic E-state index is 0.0374. The Kier molecular flexibility index (Phi) is 7.36. The fourth-order valence-electron chi connectivity index (χ4n) is 3.24. The van der Waals surface area contributed by atoms with Gasteiger partial charge in [0.1, 0.15) is 11.9 Å². The molecular weight excluding hydrogens is 404 g/mol. The molecule has 0 unspecified atom stereocenters. The van der Waals surface area contributed by atoms with Gasteiger partial charge in [-0.15, -0.1) is 0 Å². The summed E-state index contributed by atoms with van der Waals surface area (Å²) in [4.78, 5) is 40.9. The number of pyridine rings is 1. The number of hydrogen-bond donors (Lipinski definition) is 1. The van der Waals surface area contributed by atoms with Gasteiger partial charge in [0.05, 0.1) is 11.5 Å². The van der Waals surface area contributed by atoms with Crippen LogP contribution in [0.25, 0.3) is 0 Å². The van der Waals surface area contributed by atoms with Crippen LogP contribution in [-0.4, -0.2) is 52.9 Å². The Bertz CT molecular complexity index is 959. The van der Waals surface area contributed by atoms with E-state index in [1.165, 1.54) is 24.4 Å². The molecule has 3 rings (SSSR count). The third-order valence-corrected chi connectivity index (χ3v) is 4.81. The topological polar surface area (TPSA) is 124 Å². The Morgan fingerprint density at radius 1 is 1.16 bits per heavy atom. The van der Waals surface area contributed by atoms with Crippen LogP contribution < -0.4 is 14.8 Å². The summed E-state index contributed by atoms with van der Waals surface area (Å²) in [5, 5.41) is 13.6. The van der Waals surface area contributed by atoms with E-state index in [0.717, 1.165) is 38.5 Å². The van der Waals surface area contributed by atoms with E-state index in [1.807, 2.05) is 0 Å². The molecular formula is C21H24N4O6. The highest BCUT2D eigenvalue weighted by molar-refractivity contribution is 6.05. The molecule has 10 nitrogen and oxygen atoms in total. The second kappa shape index (κ2) is 10.4. The van der Waals surface area contributed by atoms with Crippen molar-refractivity contribution in [1.82, 2.24) is 9.88 Å². The minimum atomic E-state index is -0.621. The normalized spacial score (nSPS) is 13.4. The van der Waals surface area contributed by atoms with Gasteiger partial charge < -0.3 is 19.7 Å². The molecule has 0 radical (unpaired) electrons. The van der Waals surface area contributed by atoms with Crippen LogP contribution in [0.4, 0.5) is 11.4 Å². The van der Waals surface area contributed by atoms with Crippen LogP contribution in [0.3, 0.4) is 0 Å². The Morgan fingerprint density at radius 3 is 2.65 bits per heavy atom. The van der Waals surface area contributed by atoms with Crippen LogP contribution in [0.15, 0.2) is 36.7 Å². The van der Waals surface area contributed by atoms with Crippen molar-refractivity contribution in [3.63, 3.8) is 0 Å². The lowest BCUT2D eigenvalue weighted by atomic mass is 10.1. The largest absolute Gasteiger partial charge is 0.490 e. The van der Waals surface area contributed by atoms with E-state index in [4.69, 9.17) is 9.47 Å². The lowest BCUT2D eigenvalue weighted by Crippen LogP contribution is -2.38. The SMILES string of the molecule is CCOc1cc(C(=O)Nc2ccncc2[N+](=O)[O-])ccc1OCC(=O)N1CCCCC1. The first-order valence-electron chi connectivity index (χ1n) is 10.1. The van der Waals surface area contributed by atoms with Crippen LogP contribution in [0, 0.1) is 10.1 Å². The van der Waals surface area contributed by atoms with E-state index in [-0.39, 0.29) is 29.5 Å². The van der Waals surface area contributed by atoms with E-state index in [9.17, 15) is 19.7 Å². The molecule has 1 aromatic carbocycles. The number of piperidine rings is 1. The van der Waals surface area contributed by atoms with Gasteiger partial charge in [0.2, 0.25) is 0 Å². The van der Waals surface area contributed by atoms with Crippen molar-refractivity contribution in [2.45, 2.75) is 26.2 Å². The van der Waals surface area contributed by atoms with E-state index in [1.54, 1.807) is 17.9 Å². The molecule has 31 heavy (non-hydrogen) atoms. The molecule has 0 aliphatic carbocycles. The number of carbonyl (C=O) groups excluding carboxylic acids is 2. The molecule has 164 valence electrons. The number of nitro groups is 1. The quantitative estimate of drug-likeness (QED) is 0.506. The molecule has 0 atom stereocenters. The lowest BCUT2D eigenvalue weighted by Gasteiger charge is -2.26. The van der Waals surface area contributed by atoms with Gasteiger partial charge in [0, 0.05) is 24.8 Å². The smallest absolute Gasteiger partial charge is 0.310 e. The summed E-state index contributed by atoms with van der Waals surface area (Å²) in [6.45, 7) is 3.48. The molecule has 1 N–H and O–H groups in total. The number of carbonyl (C=O) groups is 2. The molecule has 0 bridgehead atoms. The highest BCUT2D eigenvalue weighted by Gasteiger charge is 2.20. The van der Waals surface area contributed by atoms with Gasteiger partial charge in [0.15, 0.2) is 18.1 Å². The van der Waals surface area contributed by atoms with Crippen molar-refractivity contribution < 1.29 is 24.0 Å². The first-order valence-corrected chi connectivity index (χ1v) is 10.1. The predicted molar refractivity (Wildman–Crippen MR) is 112 cm³/mol. The molecule has 10 heteroatoms. The van der Waals surface area contributed by atoms with Crippen LogP contribution in [-0.2, 0) is 4.79 Å². The average molecular weight is 428 g/mol. The second-order valence-corrected chi connectivity index (χ2v) is 6.93. The van der Waals surface area contributed by atoms with E-state index in [0.29, 0.717) is 18.1 Å². The molecule has 1 aliphatic heterocycles. The zero-order valence-corrected chi connectivity index (χ0v) is 17.2. The molecule has 0 spiro atoms. The maximum absolute atomic E-state index is 12.6. The highest BCUT2D eigenvalue weighted by Crippen LogP contribution is 2.30. The van der Waals surface area contributed by atoms with Gasteiger partial charge in [-0.05, 0) is 50.5 Å². The Morgan fingerprint density at radius 2 is 1.94 bits per heavy atom. The standard InChI is InChI=1S/C21H24N4O6/c1-2-30-19-12-15(21(27)23-16-8-9-22-13-17(16)25(28)29)6-7-18(19)31-14-20(26)24-10-4-3-5-11-24/h6-9,12-13H,2-5,10-11,14H2,1H3,(H,22,23,27). The zero-order chi connectivity index (χ0) is 22.2. The van der Waals surface area contributed by atoms with E-state index in [2.05, 4.69) is 10.3 Å². The number of ether oxygens (including phenoxy) is 2. The third kappa shape index (κ3) is 5.68. The molecule has 2 heterocycles. The molecule has 1 aromatic heterocycles. The summed E-state index contributed by atoms with van der Waals surface area (Å²) in [5.41, 5.74) is -0.0447. The van der Waals surface area contributed by atoms with Crippen LogP contribution >= 0.6 is 0 Å². The predicted octanol–water partition coefficient (Wildman–Crippen LogP) is 3.03. The first-order chi connectivity index (χ1) is 15.0. The number of nitrogens with one attached hydrogen (secondary N) is 1. The van der Waals surface area contributed by atoms with Gasteiger partial charge in [-0.2, -0.15) is 0 Å². The Labute approximate surface area is 179 Å². The number of aromatic nitrogens is 1. The van der Waals surface area contributed by atoms with Gasteiger partial charge in [-0.1, -0.05) is 0 Å². The Hall–Kier alpha value is -3.69. The van der Waals surface area contributed by atoms with Crippen molar-refractivity contribution in [2.75, 3.05) is 31.6 Å². The van der Waals surface area contributed by atoms with Crippen LogP contribution in [0.5, 0.6) is 11.5 Å². The fraction of sp³-hybridized carbons (Fsp3) is 0.381. The van der Waals surface area contributed by atoms with Gasteiger partial charge in [0.25, 0.3) is 11.8 Å². The summed E-state index contributed by atoms with van der Waals surface area (Å²) < 4.78 is 11.2. The molecule has 1 aliphatic rings. The molecule has 2 amide bonds. The summed E-state index contributed by atoms with van der Waals surface area (Å²) in [6, 6.07) is 5.88. The molecule has 1 saturated heterocycles. The highest BCUT2D eigenvalue weighted by atomic mass is 16.6. The lowest BCUT2D eigenvalue weighted by molar-refractivity contribution is -0.384. The fourth-order valence-corrected chi connectivity index (χ4v) is 3.24. The van der Waals surface area contributed by atoms with Crippen molar-refractivity contribution in [3.8, 4) is 11.5 Å². The maximum atomic E-state index is 12.6. The molecule has 2 aromatic rings. The average Bonchev–Trinajstić information content (AvgIpc) is 2.79. The summed E-state index contributed by atoms with van der Waals surface area (Å²) >= 11 is 0. The van der Waals surface area contributed by atoms with Crippen molar-refractivity contribution in [1.29, 1.82) is 0 Å². The second-order valence-electron chi connectivity index (χ2n) is 6.93.